The Hall–Kier alpha value is -1.16. The van der Waals surface area contributed by atoms with Crippen LogP contribution in [0.2, 0.25) is 0 Å². The predicted molar refractivity (Wildman–Crippen MR) is 77.5 cm³/mol. The molecule has 1 rings (SSSR count). The van der Waals surface area contributed by atoms with Crippen molar-refractivity contribution in [2.75, 3.05) is 17.7 Å². The molecule has 18 heavy (non-hydrogen) atoms. The first-order valence-electron chi connectivity index (χ1n) is 6.02. The maximum atomic E-state index is 12.1. The van der Waals surface area contributed by atoms with Crippen molar-refractivity contribution in [1.82, 2.24) is 0 Å². The fraction of sp³-hybridized carbons (Fsp3) is 0.500. The smallest absolute Gasteiger partial charge is 0.414 e. The Morgan fingerprint density at radius 2 is 2.06 bits per heavy atom. The second kappa shape index (κ2) is 6.14. The molecule has 3 nitrogen and oxygen atoms in total. The summed E-state index contributed by atoms with van der Waals surface area (Å²) in [4.78, 5) is 14.9. The van der Waals surface area contributed by atoms with Crippen LogP contribution in [0.3, 0.4) is 0 Å². The number of nitrogens with zero attached hydrogens (tertiary/aromatic N) is 1. The largest absolute Gasteiger partial charge is 0.443 e. The Balaban J connectivity index is 2.91. The number of anilines is 1. The SMILES string of the molecule is CCN(C(=O)OC(C)(C)C)c1cccc(SC)c1. The van der Waals surface area contributed by atoms with E-state index in [-0.39, 0.29) is 6.09 Å². The van der Waals surface area contributed by atoms with E-state index in [1.165, 1.54) is 0 Å². The standard InChI is InChI=1S/C14H21NO2S/c1-6-15(13(16)17-14(2,3)4)11-8-7-9-12(10-11)18-5/h7-10H,6H2,1-5H3. The minimum atomic E-state index is -0.471. The van der Waals surface area contributed by atoms with Crippen molar-refractivity contribution in [3.63, 3.8) is 0 Å². The maximum absolute atomic E-state index is 12.1. The van der Waals surface area contributed by atoms with Crippen molar-refractivity contribution in [3.8, 4) is 0 Å². The average Bonchev–Trinajstić information content (AvgIpc) is 2.28. The lowest BCUT2D eigenvalue weighted by molar-refractivity contribution is 0.0582. The van der Waals surface area contributed by atoms with Gasteiger partial charge in [0.05, 0.1) is 0 Å². The van der Waals surface area contributed by atoms with Gasteiger partial charge in [0, 0.05) is 17.1 Å². The number of carbonyl (C=O) groups excluding carboxylic acids is 1. The molecule has 1 aromatic carbocycles. The van der Waals surface area contributed by atoms with Crippen LogP contribution < -0.4 is 4.90 Å². The zero-order valence-corrected chi connectivity index (χ0v) is 12.5. The summed E-state index contributed by atoms with van der Waals surface area (Å²) in [6.07, 6.45) is 1.71. The average molecular weight is 267 g/mol. The molecule has 0 fully saturated rings. The number of thioether (sulfide) groups is 1. The molecule has 1 aromatic rings. The highest BCUT2D eigenvalue weighted by atomic mass is 32.2. The number of hydrogen-bond donors (Lipinski definition) is 0. The summed E-state index contributed by atoms with van der Waals surface area (Å²) in [5, 5.41) is 0. The van der Waals surface area contributed by atoms with E-state index in [1.807, 2.05) is 58.2 Å². The van der Waals surface area contributed by atoms with Crippen molar-refractivity contribution in [2.24, 2.45) is 0 Å². The molecule has 1 amide bonds. The highest BCUT2D eigenvalue weighted by Crippen LogP contribution is 2.23. The van der Waals surface area contributed by atoms with Gasteiger partial charge in [-0.25, -0.2) is 4.79 Å². The van der Waals surface area contributed by atoms with E-state index in [0.29, 0.717) is 6.54 Å². The van der Waals surface area contributed by atoms with Gasteiger partial charge in [0.25, 0.3) is 0 Å². The summed E-state index contributed by atoms with van der Waals surface area (Å²) in [6.45, 7) is 8.15. The normalized spacial score (nSPS) is 11.2. The van der Waals surface area contributed by atoms with Crippen LogP contribution in [0.15, 0.2) is 29.2 Å². The molecule has 0 aliphatic carbocycles. The summed E-state index contributed by atoms with van der Waals surface area (Å²) in [5.74, 6) is 0. The molecular formula is C14H21NO2S. The molecule has 0 spiro atoms. The van der Waals surface area contributed by atoms with Crippen molar-refractivity contribution >= 4 is 23.5 Å². The lowest BCUT2D eigenvalue weighted by atomic mass is 10.2. The molecule has 0 radical (unpaired) electrons. The van der Waals surface area contributed by atoms with E-state index in [0.717, 1.165) is 10.6 Å². The quantitative estimate of drug-likeness (QED) is 0.770. The third-order valence-electron chi connectivity index (χ3n) is 2.30. The Morgan fingerprint density at radius 3 is 2.56 bits per heavy atom. The van der Waals surface area contributed by atoms with Crippen LogP contribution in [0.5, 0.6) is 0 Å². The number of ether oxygens (including phenoxy) is 1. The number of benzene rings is 1. The summed E-state index contributed by atoms with van der Waals surface area (Å²) >= 11 is 1.66. The van der Waals surface area contributed by atoms with E-state index in [2.05, 4.69) is 0 Å². The van der Waals surface area contributed by atoms with Crippen LogP contribution in [-0.4, -0.2) is 24.5 Å². The molecule has 4 heteroatoms. The molecule has 100 valence electrons. The van der Waals surface area contributed by atoms with Crippen LogP contribution in [-0.2, 0) is 4.74 Å². The van der Waals surface area contributed by atoms with E-state index in [1.54, 1.807) is 16.7 Å². The van der Waals surface area contributed by atoms with Crippen LogP contribution in [0.1, 0.15) is 27.7 Å². The summed E-state index contributed by atoms with van der Waals surface area (Å²) < 4.78 is 5.40. The molecule has 0 aliphatic rings. The highest BCUT2D eigenvalue weighted by molar-refractivity contribution is 7.98. The van der Waals surface area contributed by atoms with Crippen LogP contribution in [0.4, 0.5) is 10.5 Å². The van der Waals surface area contributed by atoms with Crippen LogP contribution >= 0.6 is 11.8 Å². The van der Waals surface area contributed by atoms with Gasteiger partial charge in [-0.1, -0.05) is 6.07 Å². The van der Waals surface area contributed by atoms with E-state index in [4.69, 9.17) is 4.74 Å². The first-order chi connectivity index (χ1) is 8.37. The summed E-state index contributed by atoms with van der Waals surface area (Å²) in [6, 6.07) is 7.90. The Labute approximate surface area is 114 Å². The molecule has 0 bridgehead atoms. The zero-order valence-electron chi connectivity index (χ0n) is 11.7. The lowest BCUT2D eigenvalue weighted by Gasteiger charge is -2.26. The molecule has 0 aliphatic heterocycles. The van der Waals surface area contributed by atoms with Gasteiger partial charge in [-0.3, -0.25) is 4.90 Å². The molecule has 0 heterocycles. The highest BCUT2D eigenvalue weighted by Gasteiger charge is 2.22. The van der Waals surface area contributed by atoms with Gasteiger partial charge in [0.2, 0.25) is 0 Å². The maximum Gasteiger partial charge on any atom is 0.414 e. The Bertz CT molecular complexity index is 413. The van der Waals surface area contributed by atoms with Crippen LogP contribution in [0, 0.1) is 0 Å². The third-order valence-corrected chi connectivity index (χ3v) is 3.02. The number of amides is 1. The number of carbonyl (C=O) groups is 1. The van der Waals surface area contributed by atoms with Crippen molar-refractivity contribution in [2.45, 2.75) is 38.2 Å². The summed E-state index contributed by atoms with van der Waals surface area (Å²) in [5.41, 5.74) is 0.403. The van der Waals surface area contributed by atoms with Gasteiger partial charge < -0.3 is 4.74 Å². The molecule has 0 aromatic heterocycles. The monoisotopic (exact) mass is 267 g/mol. The minimum absolute atomic E-state index is 0.303. The van der Waals surface area contributed by atoms with Gasteiger partial charge in [-0.2, -0.15) is 0 Å². The van der Waals surface area contributed by atoms with Gasteiger partial charge in [-0.05, 0) is 52.1 Å². The van der Waals surface area contributed by atoms with Crippen LogP contribution in [0.25, 0.3) is 0 Å². The second-order valence-corrected chi connectivity index (χ2v) is 5.81. The van der Waals surface area contributed by atoms with E-state index >= 15 is 0 Å². The second-order valence-electron chi connectivity index (χ2n) is 4.93. The van der Waals surface area contributed by atoms with E-state index in [9.17, 15) is 4.79 Å². The van der Waals surface area contributed by atoms with Crippen molar-refractivity contribution in [3.05, 3.63) is 24.3 Å². The number of rotatable bonds is 3. The number of hydrogen-bond acceptors (Lipinski definition) is 3. The van der Waals surface area contributed by atoms with E-state index < -0.39 is 5.60 Å². The van der Waals surface area contributed by atoms with Crippen molar-refractivity contribution < 1.29 is 9.53 Å². The van der Waals surface area contributed by atoms with Gasteiger partial charge in [0.1, 0.15) is 5.60 Å². The third kappa shape index (κ3) is 4.26. The molecule has 0 saturated carbocycles. The fourth-order valence-electron chi connectivity index (χ4n) is 1.51. The summed E-state index contributed by atoms with van der Waals surface area (Å²) in [7, 11) is 0. The molecular weight excluding hydrogens is 246 g/mol. The predicted octanol–water partition coefficient (Wildman–Crippen LogP) is 4.17. The van der Waals surface area contributed by atoms with Gasteiger partial charge in [-0.15, -0.1) is 11.8 Å². The molecule has 0 atom stereocenters. The lowest BCUT2D eigenvalue weighted by Crippen LogP contribution is -2.36. The molecule has 0 saturated heterocycles. The molecule has 0 unspecified atom stereocenters. The topological polar surface area (TPSA) is 29.5 Å². The van der Waals surface area contributed by atoms with Gasteiger partial charge in [0.15, 0.2) is 0 Å². The Kier molecular flexibility index (Phi) is 5.08. The zero-order chi connectivity index (χ0) is 13.8. The molecule has 0 N–H and O–H groups in total. The minimum Gasteiger partial charge on any atom is -0.443 e. The van der Waals surface area contributed by atoms with Gasteiger partial charge >= 0.3 is 6.09 Å². The fourth-order valence-corrected chi connectivity index (χ4v) is 1.97. The first-order valence-corrected chi connectivity index (χ1v) is 7.24. The first kappa shape index (κ1) is 14.9. The Morgan fingerprint density at radius 1 is 1.39 bits per heavy atom. The van der Waals surface area contributed by atoms with Crippen molar-refractivity contribution in [1.29, 1.82) is 0 Å².